The highest BCUT2D eigenvalue weighted by Crippen LogP contribution is 2.36. The second kappa shape index (κ2) is 11.6. The monoisotopic (exact) mass is 505 g/mol. The molecule has 6 nitrogen and oxygen atoms in total. The van der Waals surface area contributed by atoms with Crippen molar-refractivity contribution in [3.8, 4) is 0 Å². The summed E-state index contributed by atoms with van der Waals surface area (Å²) in [5, 5.41) is 2.26. The Kier molecular flexibility index (Phi) is 8.76. The van der Waals surface area contributed by atoms with Crippen LogP contribution in [0, 0.1) is 17.8 Å². The lowest BCUT2D eigenvalue weighted by atomic mass is 9.75. The Bertz CT molecular complexity index is 1100. The first-order valence-electron chi connectivity index (χ1n) is 11.9. The molecular formula is C27H30F3NO5. The molecule has 0 saturated heterocycles. The third-order valence-corrected chi connectivity index (χ3v) is 6.39. The number of nitrogens with one attached hydrogen (secondary N) is 1. The largest absolute Gasteiger partial charge is 0.458 e. The summed E-state index contributed by atoms with van der Waals surface area (Å²) in [4.78, 5) is 37.8. The smallest absolute Gasteiger partial charge is 0.416 e. The van der Waals surface area contributed by atoms with E-state index in [2.05, 4.69) is 26.1 Å². The van der Waals surface area contributed by atoms with Gasteiger partial charge in [0, 0.05) is 5.69 Å². The van der Waals surface area contributed by atoms with Crippen molar-refractivity contribution in [2.24, 2.45) is 17.8 Å². The van der Waals surface area contributed by atoms with Crippen molar-refractivity contribution in [1.82, 2.24) is 0 Å². The number of hydrogen-bond acceptors (Lipinski definition) is 5. The Morgan fingerprint density at radius 1 is 1.00 bits per heavy atom. The quantitative estimate of drug-likeness (QED) is 0.459. The van der Waals surface area contributed by atoms with Crippen LogP contribution in [0.25, 0.3) is 0 Å². The van der Waals surface area contributed by atoms with E-state index in [9.17, 15) is 27.6 Å². The van der Waals surface area contributed by atoms with Crippen molar-refractivity contribution in [1.29, 1.82) is 0 Å². The molecule has 1 fully saturated rings. The van der Waals surface area contributed by atoms with Crippen LogP contribution in [-0.2, 0) is 20.4 Å². The number of ether oxygens (including phenoxy) is 2. The van der Waals surface area contributed by atoms with Crippen molar-refractivity contribution in [3.63, 3.8) is 0 Å². The first-order valence-corrected chi connectivity index (χ1v) is 11.9. The molecule has 1 aliphatic carbocycles. The molecule has 9 heteroatoms. The topological polar surface area (TPSA) is 81.7 Å². The average Bonchev–Trinajstić information content (AvgIpc) is 2.82. The van der Waals surface area contributed by atoms with Crippen molar-refractivity contribution in [2.75, 3.05) is 11.9 Å². The summed E-state index contributed by atoms with van der Waals surface area (Å²) in [5.74, 6) is -1.39. The van der Waals surface area contributed by atoms with Crippen molar-refractivity contribution in [3.05, 3.63) is 65.2 Å². The van der Waals surface area contributed by atoms with Gasteiger partial charge in [-0.15, -0.1) is 0 Å². The molecule has 3 rings (SSSR count). The first-order chi connectivity index (χ1) is 17.0. The fourth-order valence-electron chi connectivity index (χ4n) is 4.47. The Balaban J connectivity index is 1.64. The number of halogens is 3. The maximum atomic E-state index is 13.0. The SMILES string of the molecule is CC(C)[C@H]1CC[C@@H](C)C[C@H]1OC(=O)c1ccccc1C(=O)OCC(=O)Nc1cccc(C(F)(F)F)c1. The van der Waals surface area contributed by atoms with Crippen LogP contribution in [0.5, 0.6) is 0 Å². The second-order valence-corrected chi connectivity index (χ2v) is 9.52. The molecule has 1 N–H and O–H groups in total. The molecule has 0 bridgehead atoms. The van der Waals surface area contributed by atoms with Gasteiger partial charge in [-0.1, -0.05) is 45.4 Å². The van der Waals surface area contributed by atoms with Gasteiger partial charge in [0.1, 0.15) is 6.10 Å². The van der Waals surface area contributed by atoms with E-state index in [0.717, 1.165) is 37.5 Å². The molecule has 3 atom stereocenters. The number of esters is 2. The highest BCUT2D eigenvalue weighted by atomic mass is 19.4. The van der Waals surface area contributed by atoms with Crippen LogP contribution in [0.3, 0.4) is 0 Å². The van der Waals surface area contributed by atoms with E-state index in [-0.39, 0.29) is 28.8 Å². The van der Waals surface area contributed by atoms with Crippen LogP contribution in [-0.4, -0.2) is 30.6 Å². The zero-order valence-electron chi connectivity index (χ0n) is 20.4. The van der Waals surface area contributed by atoms with Crippen molar-refractivity contribution >= 4 is 23.5 Å². The van der Waals surface area contributed by atoms with E-state index in [4.69, 9.17) is 9.47 Å². The molecule has 0 heterocycles. The lowest BCUT2D eigenvalue weighted by molar-refractivity contribution is -0.137. The Morgan fingerprint density at radius 2 is 1.67 bits per heavy atom. The van der Waals surface area contributed by atoms with Gasteiger partial charge < -0.3 is 14.8 Å². The Hall–Kier alpha value is -3.36. The lowest BCUT2D eigenvalue weighted by Crippen LogP contribution is -2.36. The van der Waals surface area contributed by atoms with Crippen LogP contribution < -0.4 is 5.32 Å². The van der Waals surface area contributed by atoms with Gasteiger partial charge in [-0.25, -0.2) is 9.59 Å². The molecule has 0 aromatic heterocycles. The molecular weight excluding hydrogens is 475 g/mol. The van der Waals surface area contributed by atoms with Gasteiger partial charge in [0.05, 0.1) is 16.7 Å². The van der Waals surface area contributed by atoms with E-state index in [1.165, 1.54) is 18.2 Å². The maximum absolute atomic E-state index is 13.0. The zero-order chi connectivity index (χ0) is 26.5. The summed E-state index contributed by atoms with van der Waals surface area (Å²) >= 11 is 0. The van der Waals surface area contributed by atoms with Gasteiger partial charge in [-0.05, 0) is 60.9 Å². The highest BCUT2D eigenvalue weighted by molar-refractivity contribution is 6.04. The Labute approximate surface area is 208 Å². The van der Waals surface area contributed by atoms with E-state index in [0.29, 0.717) is 11.8 Å². The van der Waals surface area contributed by atoms with Gasteiger partial charge in [0.2, 0.25) is 0 Å². The summed E-state index contributed by atoms with van der Waals surface area (Å²) in [6.07, 6.45) is -2.04. The van der Waals surface area contributed by atoms with Gasteiger partial charge in [-0.2, -0.15) is 13.2 Å². The van der Waals surface area contributed by atoms with Crippen molar-refractivity contribution < 1.29 is 37.0 Å². The second-order valence-electron chi connectivity index (χ2n) is 9.52. The van der Waals surface area contributed by atoms with Crippen LogP contribution in [0.1, 0.15) is 66.3 Å². The van der Waals surface area contributed by atoms with E-state index in [1.54, 1.807) is 12.1 Å². The molecule has 0 radical (unpaired) electrons. The summed E-state index contributed by atoms with van der Waals surface area (Å²) in [5.41, 5.74) is -1.03. The molecule has 0 unspecified atom stereocenters. The summed E-state index contributed by atoms with van der Waals surface area (Å²) in [7, 11) is 0. The van der Waals surface area contributed by atoms with E-state index < -0.39 is 36.2 Å². The first kappa shape index (κ1) is 27.2. The molecule has 1 aliphatic rings. The van der Waals surface area contributed by atoms with Gasteiger partial charge >= 0.3 is 18.1 Å². The molecule has 0 aliphatic heterocycles. The van der Waals surface area contributed by atoms with E-state index in [1.807, 2.05) is 0 Å². The average molecular weight is 506 g/mol. The molecule has 36 heavy (non-hydrogen) atoms. The predicted octanol–water partition coefficient (Wildman–Crippen LogP) is 6.12. The lowest BCUT2D eigenvalue weighted by Gasteiger charge is -2.36. The molecule has 0 spiro atoms. The Morgan fingerprint density at radius 3 is 2.31 bits per heavy atom. The molecule has 194 valence electrons. The van der Waals surface area contributed by atoms with Gasteiger partial charge in [0.15, 0.2) is 6.61 Å². The van der Waals surface area contributed by atoms with Gasteiger partial charge in [0.25, 0.3) is 5.91 Å². The van der Waals surface area contributed by atoms with Crippen LogP contribution in [0.4, 0.5) is 18.9 Å². The highest BCUT2D eigenvalue weighted by Gasteiger charge is 2.34. The number of rotatable bonds is 7. The summed E-state index contributed by atoms with van der Waals surface area (Å²) in [6.45, 7) is 5.57. The number of carbonyl (C=O) groups is 3. The molecule has 2 aromatic carbocycles. The standard InChI is InChI=1S/C27H30F3NO5/c1-16(2)20-12-11-17(3)13-23(20)36-26(34)22-10-5-4-9-21(22)25(33)35-15-24(32)31-19-8-6-7-18(14-19)27(28,29)30/h4-10,14,16-17,20,23H,11-13,15H2,1-3H3,(H,31,32)/t17-,20-,23-/m1/s1. The minimum Gasteiger partial charge on any atom is -0.458 e. The third-order valence-electron chi connectivity index (χ3n) is 6.39. The summed E-state index contributed by atoms with van der Waals surface area (Å²) < 4.78 is 49.4. The molecule has 1 amide bonds. The minimum atomic E-state index is -4.56. The van der Waals surface area contributed by atoms with Crippen LogP contribution in [0.15, 0.2) is 48.5 Å². The number of amides is 1. The fraction of sp³-hybridized carbons (Fsp3) is 0.444. The van der Waals surface area contributed by atoms with Crippen LogP contribution in [0.2, 0.25) is 0 Å². The number of benzene rings is 2. The van der Waals surface area contributed by atoms with Crippen molar-refractivity contribution in [2.45, 2.75) is 52.3 Å². The minimum absolute atomic E-state index is 0.0292. The van der Waals surface area contributed by atoms with Crippen LogP contribution >= 0.6 is 0 Å². The maximum Gasteiger partial charge on any atom is 0.416 e. The molecule has 1 saturated carbocycles. The third kappa shape index (κ3) is 7.08. The zero-order valence-corrected chi connectivity index (χ0v) is 20.4. The number of hydrogen-bond donors (Lipinski definition) is 1. The fourth-order valence-corrected chi connectivity index (χ4v) is 4.47. The number of carbonyl (C=O) groups excluding carboxylic acids is 3. The molecule has 2 aromatic rings. The van der Waals surface area contributed by atoms with Gasteiger partial charge in [-0.3, -0.25) is 4.79 Å². The predicted molar refractivity (Wildman–Crippen MR) is 127 cm³/mol. The number of alkyl halides is 3. The van der Waals surface area contributed by atoms with E-state index >= 15 is 0 Å². The normalized spacial score (nSPS) is 20.0. The number of anilines is 1. The summed E-state index contributed by atoms with van der Waals surface area (Å²) in [6, 6.07) is 10.1.